The lowest BCUT2D eigenvalue weighted by molar-refractivity contribution is 0.0926. The average Bonchev–Trinajstić information content (AvgIpc) is 2.99. The smallest absolute Gasteiger partial charge is 0.293 e. The van der Waals surface area contributed by atoms with Crippen LogP contribution in [0.4, 0.5) is 0 Å². The Kier molecular flexibility index (Phi) is 4.68. The first-order chi connectivity index (χ1) is 10.1. The van der Waals surface area contributed by atoms with Crippen molar-refractivity contribution in [2.24, 2.45) is 0 Å². The number of hydrogen-bond acceptors (Lipinski definition) is 4. The van der Waals surface area contributed by atoms with Gasteiger partial charge in [0.2, 0.25) is 0 Å². The van der Waals surface area contributed by atoms with Crippen LogP contribution in [-0.2, 0) is 0 Å². The zero-order valence-electron chi connectivity index (χ0n) is 11.2. The first-order valence-electron chi connectivity index (χ1n) is 6.08. The predicted molar refractivity (Wildman–Crippen MR) is 80.6 cm³/mol. The van der Waals surface area contributed by atoms with E-state index in [0.29, 0.717) is 5.56 Å². The van der Waals surface area contributed by atoms with Crippen molar-refractivity contribution in [3.05, 3.63) is 59.5 Å². The van der Waals surface area contributed by atoms with Crippen LogP contribution in [0.15, 0.2) is 47.1 Å². The maximum absolute atomic E-state index is 11.9. The molecule has 3 N–H and O–H groups in total. The molecule has 0 aliphatic heterocycles. The molecule has 0 bridgehead atoms. The fourth-order valence-electron chi connectivity index (χ4n) is 1.61. The van der Waals surface area contributed by atoms with Gasteiger partial charge in [-0.1, -0.05) is 18.2 Å². The molecule has 0 radical (unpaired) electrons. The van der Waals surface area contributed by atoms with E-state index in [1.165, 1.54) is 12.3 Å². The molecule has 21 heavy (non-hydrogen) atoms. The second-order valence-electron chi connectivity index (χ2n) is 4.15. The quantitative estimate of drug-likeness (QED) is 0.579. The van der Waals surface area contributed by atoms with E-state index < -0.39 is 5.91 Å². The number of thiocarbonyl (C=S) groups is 1. The number of carbonyl (C=O) groups excluding carboxylic acids is 2. The van der Waals surface area contributed by atoms with Crippen molar-refractivity contribution in [2.45, 2.75) is 6.92 Å². The van der Waals surface area contributed by atoms with Gasteiger partial charge in [-0.3, -0.25) is 25.8 Å². The molecule has 0 atom stereocenters. The van der Waals surface area contributed by atoms with Gasteiger partial charge in [-0.05, 0) is 42.9 Å². The van der Waals surface area contributed by atoms with Gasteiger partial charge < -0.3 is 4.42 Å². The van der Waals surface area contributed by atoms with Crippen LogP contribution < -0.4 is 16.2 Å². The molecule has 1 heterocycles. The molecular weight excluding hydrogens is 290 g/mol. The first kappa shape index (κ1) is 14.7. The first-order valence-corrected chi connectivity index (χ1v) is 6.49. The molecule has 2 amide bonds. The molecule has 2 rings (SSSR count). The number of hydrogen-bond donors (Lipinski definition) is 3. The van der Waals surface area contributed by atoms with Gasteiger partial charge in [-0.15, -0.1) is 0 Å². The normalized spacial score (nSPS) is 9.76. The van der Waals surface area contributed by atoms with Crippen molar-refractivity contribution >= 4 is 29.1 Å². The molecular formula is C14H13N3O3S. The number of carbonyl (C=O) groups is 2. The minimum atomic E-state index is -0.498. The van der Waals surface area contributed by atoms with E-state index in [0.717, 1.165) is 5.56 Å². The molecule has 0 spiro atoms. The van der Waals surface area contributed by atoms with E-state index >= 15 is 0 Å². The average molecular weight is 303 g/mol. The molecule has 0 saturated heterocycles. The number of hydrazine groups is 1. The van der Waals surface area contributed by atoms with E-state index in [1.54, 1.807) is 18.2 Å². The zero-order chi connectivity index (χ0) is 15.2. The van der Waals surface area contributed by atoms with E-state index in [-0.39, 0.29) is 16.8 Å². The summed E-state index contributed by atoms with van der Waals surface area (Å²) in [5.74, 6) is -0.713. The highest BCUT2D eigenvalue weighted by Crippen LogP contribution is 2.05. The van der Waals surface area contributed by atoms with Crippen LogP contribution in [-0.4, -0.2) is 16.9 Å². The Labute approximate surface area is 126 Å². The minimum absolute atomic E-state index is 0.0293. The fraction of sp³-hybridized carbons (Fsp3) is 0.0714. The van der Waals surface area contributed by atoms with E-state index in [2.05, 4.69) is 16.2 Å². The fourth-order valence-corrected chi connectivity index (χ4v) is 1.76. The van der Waals surface area contributed by atoms with Crippen LogP contribution in [0.5, 0.6) is 0 Å². The number of benzene rings is 1. The summed E-state index contributed by atoms with van der Waals surface area (Å²) in [6.45, 7) is 1.83. The highest BCUT2D eigenvalue weighted by Gasteiger charge is 2.12. The molecule has 0 saturated carbocycles. The molecule has 0 aliphatic carbocycles. The summed E-state index contributed by atoms with van der Waals surface area (Å²) >= 11 is 4.91. The van der Waals surface area contributed by atoms with Crippen molar-refractivity contribution in [1.82, 2.24) is 16.2 Å². The predicted octanol–water partition coefficient (Wildman–Crippen LogP) is 1.54. The van der Waals surface area contributed by atoms with Gasteiger partial charge in [-0.2, -0.15) is 0 Å². The number of rotatable bonds is 2. The molecule has 1 aromatic heterocycles. The van der Waals surface area contributed by atoms with Gasteiger partial charge in [0.1, 0.15) is 0 Å². The Morgan fingerprint density at radius 3 is 2.48 bits per heavy atom. The third-order valence-corrected chi connectivity index (χ3v) is 2.86. The van der Waals surface area contributed by atoms with Crippen LogP contribution in [0.3, 0.4) is 0 Å². The lowest BCUT2D eigenvalue weighted by Crippen LogP contribution is -2.48. The third kappa shape index (κ3) is 3.90. The second kappa shape index (κ2) is 6.67. The Bertz CT molecular complexity index is 668. The summed E-state index contributed by atoms with van der Waals surface area (Å²) in [6.07, 6.45) is 1.38. The summed E-state index contributed by atoms with van der Waals surface area (Å²) < 4.78 is 4.92. The standard InChI is InChI=1S/C14H13N3O3S/c1-9-5-2-3-6-10(9)12(18)16-17-14(21)15-13(19)11-7-4-8-20-11/h2-8H,1H3,(H,16,18)(H2,15,17,19,21). The number of amides is 2. The number of aryl methyl sites for hydroxylation is 1. The Morgan fingerprint density at radius 2 is 1.81 bits per heavy atom. The van der Waals surface area contributed by atoms with Crippen molar-refractivity contribution in [3.8, 4) is 0 Å². The Morgan fingerprint density at radius 1 is 1.05 bits per heavy atom. The third-order valence-electron chi connectivity index (χ3n) is 2.65. The molecule has 6 nitrogen and oxygen atoms in total. The van der Waals surface area contributed by atoms with Gasteiger partial charge in [-0.25, -0.2) is 0 Å². The summed E-state index contributed by atoms with van der Waals surface area (Å²) in [5.41, 5.74) is 6.23. The summed E-state index contributed by atoms with van der Waals surface area (Å²) in [6, 6.07) is 10.2. The summed E-state index contributed by atoms with van der Waals surface area (Å²) in [4.78, 5) is 23.6. The molecule has 1 aromatic carbocycles. The van der Waals surface area contributed by atoms with Gasteiger partial charge in [0, 0.05) is 5.56 Å². The van der Waals surface area contributed by atoms with Crippen molar-refractivity contribution < 1.29 is 14.0 Å². The van der Waals surface area contributed by atoms with Gasteiger partial charge in [0.15, 0.2) is 10.9 Å². The van der Waals surface area contributed by atoms with Crippen LogP contribution in [0.1, 0.15) is 26.5 Å². The summed E-state index contributed by atoms with van der Waals surface area (Å²) in [7, 11) is 0. The molecule has 2 aromatic rings. The van der Waals surface area contributed by atoms with Gasteiger partial charge >= 0.3 is 0 Å². The monoisotopic (exact) mass is 303 g/mol. The SMILES string of the molecule is Cc1ccccc1C(=O)NNC(=S)NC(=O)c1ccco1. The second-order valence-corrected chi connectivity index (χ2v) is 4.56. The minimum Gasteiger partial charge on any atom is -0.459 e. The van der Waals surface area contributed by atoms with E-state index in [1.807, 2.05) is 19.1 Å². The molecule has 7 heteroatoms. The Balaban J connectivity index is 1.86. The number of nitrogens with one attached hydrogen (secondary N) is 3. The maximum atomic E-state index is 11.9. The highest BCUT2D eigenvalue weighted by molar-refractivity contribution is 7.80. The van der Waals surface area contributed by atoms with Crippen LogP contribution in [0, 0.1) is 6.92 Å². The van der Waals surface area contributed by atoms with E-state index in [4.69, 9.17) is 16.6 Å². The molecule has 108 valence electrons. The molecule has 0 unspecified atom stereocenters. The Hall–Kier alpha value is -2.67. The van der Waals surface area contributed by atoms with Crippen LogP contribution >= 0.6 is 12.2 Å². The highest BCUT2D eigenvalue weighted by atomic mass is 32.1. The van der Waals surface area contributed by atoms with Gasteiger partial charge in [0.05, 0.1) is 6.26 Å². The van der Waals surface area contributed by atoms with E-state index in [9.17, 15) is 9.59 Å². The zero-order valence-corrected chi connectivity index (χ0v) is 12.0. The van der Waals surface area contributed by atoms with Crippen LogP contribution in [0.2, 0.25) is 0 Å². The lowest BCUT2D eigenvalue weighted by Gasteiger charge is -2.11. The molecule has 0 aliphatic rings. The topological polar surface area (TPSA) is 83.4 Å². The maximum Gasteiger partial charge on any atom is 0.293 e. The number of furan rings is 1. The van der Waals surface area contributed by atoms with Gasteiger partial charge in [0.25, 0.3) is 11.8 Å². The van der Waals surface area contributed by atoms with Crippen molar-refractivity contribution in [3.63, 3.8) is 0 Å². The van der Waals surface area contributed by atoms with Crippen molar-refractivity contribution in [2.75, 3.05) is 0 Å². The van der Waals surface area contributed by atoms with Crippen molar-refractivity contribution in [1.29, 1.82) is 0 Å². The molecule has 0 fully saturated rings. The van der Waals surface area contributed by atoms with Crippen LogP contribution in [0.25, 0.3) is 0 Å². The summed E-state index contributed by atoms with van der Waals surface area (Å²) in [5, 5.41) is 2.35. The largest absolute Gasteiger partial charge is 0.459 e. The lowest BCUT2D eigenvalue weighted by atomic mass is 10.1.